The SMILES string of the molecule is O=CC(CCCCCCCCCCOC1CCCCC1)c1ccccc1. The lowest BCUT2D eigenvalue weighted by Gasteiger charge is -2.21. The highest BCUT2D eigenvalue weighted by molar-refractivity contribution is 5.61. The Labute approximate surface area is 160 Å². The van der Waals surface area contributed by atoms with Crippen LogP contribution in [0.1, 0.15) is 101 Å². The molecule has 0 saturated heterocycles. The molecule has 26 heavy (non-hydrogen) atoms. The number of hydrogen-bond acceptors (Lipinski definition) is 2. The van der Waals surface area contributed by atoms with E-state index >= 15 is 0 Å². The summed E-state index contributed by atoms with van der Waals surface area (Å²) in [5.41, 5.74) is 1.16. The topological polar surface area (TPSA) is 26.3 Å². The monoisotopic (exact) mass is 358 g/mol. The molecule has 1 aromatic rings. The third kappa shape index (κ3) is 8.98. The predicted octanol–water partition coefficient (Wildman–Crippen LogP) is 6.83. The number of rotatable bonds is 14. The van der Waals surface area contributed by atoms with Crippen molar-refractivity contribution in [2.75, 3.05) is 6.61 Å². The molecule has 0 bridgehead atoms. The van der Waals surface area contributed by atoms with E-state index < -0.39 is 0 Å². The zero-order valence-corrected chi connectivity index (χ0v) is 16.5. The van der Waals surface area contributed by atoms with Gasteiger partial charge in [0.25, 0.3) is 0 Å². The fraction of sp³-hybridized carbons (Fsp3) is 0.708. The molecule has 146 valence electrons. The second-order valence-corrected chi connectivity index (χ2v) is 7.90. The summed E-state index contributed by atoms with van der Waals surface area (Å²) in [5, 5.41) is 0. The molecule has 2 heteroatoms. The molecule has 1 aliphatic carbocycles. The zero-order chi connectivity index (χ0) is 18.3. The Morgan fingerprint density at radius 2 is 1.46 bits per heavy atom. The highest BCUT2D eigenvalue weighted by Gasteiger charge is 2.13. The van der Waals surface area contributed by atoms with Crippen LogP contribution in [0.5, 0.6) is 0 Å². The van der Waals surface area contributed by atoms with Gasteiger partial charge in [-0.3, -0.25) is 0 Å². The first kappa shape index (κ1) is 21.2. The Balaban J connectivity index is 1.37. The van der Waals surface area contributed by atoms with Crippen LogP contribution in [0.2, 0.25) is 0 Å². The van der Waals surface area contributed by atoms with Gasteiger partial charge < -0.3 is 9.53 Å². The number of carbonyl (C=O) groups is 1. The van der Waals surface area contributed by atoms with Gasteiger partial charge in [0, 0.05) is 12.5 Å². The predicted molar refractivity (Wildman–Crippen MR) is 110 cm³/mol. The Morgan fingerprint density at radius 1 is 0.846 bits per heavy atom. The van der Waals surface area contributed by atoms with E-state index in [9.17, 15) is 4.79 Å². The molecule has 0 radical (unpaired) electrons. The Kier molecular flexibility index (Phi) is 11.4. The second-order valence-electron chi connectivity index (χ2n) is 7.90. The summed E-state index contributed by atoms with van der Waals surface area (Å²) >= 11 is 0. The van der Waals surface area contributed by atoms with Crippen molar-refractivity contribution in [2.24, 2.45) is 0 Å². The van der Waals surface area contributed by atoms with Gasteiger partial charge >= 0.3 is 0 Å². The van der Waals surface area contributed by atoms with Crippen LogP contribution in [0.4, 0.5) is 0 Å². The van der Waals surface area contributed by atoms with E-state index in [2.05, 4.69) is 12.1 Å². The summed E-state index contributed by atoms with van der Waals surface area (Å²) in [5.74, 6) is 0.0837. The minimum atomic E-state index is 0.0837. The van der Waals surface area contributed by atoms with Crippen LogP contribution in [0.3, 0.4) is 0 Å². The Hall–Kier alpha value is -1.15. The van der Waals surface area contributed by atoms with E-state index in [0.717, 1.165) is 31.3 Å². The first-order valence-electron chi connectivity index (χ1n) is 11.0. The molecule has 0 aliphatic heterocycles. The molecule has 1 unspecified atom stereocenters. The summed E-state index contributed by atoms with van der Waals surface area (Å²) in [7, 11) is 0. The van der Waals surface area contributed by atoms with E-state index in [-0.39, 0.29) is 5.92 Å². The number of carbonyl (C=O) groups excluding carboxylic acids is 1. The molecule has 2 nitrogen and oxygen atoms in total. The quantitative estimate of drug-likeness (QED) is 0.269. The van der Waals surface area contributed by atoms with Gasteiger partial charge in [-0.25, -0.2) is 0 Å². The standard InChI is InChI=1S/C24H38O2/c25-21-23(22-15-10-7-11-16-22)17-9-5-3-1-2-4-6-14-20-26-24-18-12-8-13-19-24/h7,10-11,15-16,21,23-24H,1-6,8-9,12-14,17-20H2. The van der Waals surface area contributed by atoms with Crippen molar-refractivity contribution in [3.8, 4) is 0 Å². The molecule has 1 saturated carbocycles. The molecular weight excluding hydrogens is 320 g/mol. The molecule has 1 aliphatic rings. The molecular formula is C24H38O2. The van der Waals surface area contributed by atoms with Crippen molar-refractivity contribution >= 4 is 6.29 Å². The van der Waals surface area contributed by atoms with E-state index in [1.165, 1.54) is 77.0 Å². The third-order valence-corrected chi connectivity index (χ3v) is 5.71. The largest absolute Gasteiger partial charge is 0.378 e. The number of unbranched alkanes of at least 4 members (excludes halogenated alkanes) is 7. The van der Waals surface area contributed by atoms with Crippen LogP contribution >= 0.6 is 0 Å². The maximum atomic E-state index is 11.3. The van der Waals surface area contributed by atoms with Crippen molar-refractivity contribution in [3.63, 3.8) is 0 Å². The van der Waals surface area contributed by atoms with Gasteiger partial charge in [0.15, 0.2) is 0 Å². The maximum Gasteiger partial charge on any atom is 0.127 e. The van der Waals surface area contributed by atoms with Gasteiger partial charge in [-0.1, -0.05) is 94.5 Å². The second kappa shape index (κ2) is 14.0. The van der Waals surface area contributed by atoms with Gasteiger partial charge in [-0.2, -0.15) is 0 Å². The lowest BCUT2D eigenvalue weighted by atomic mass is 9.94. The smallest absolute Gasteiger partial charge is 0.127 e. The van der Waals surface area contributed by atoms with Crippen molar-refractivity contribution in [1.82, 2.24) is 0 Å². The maximum absolute atomic E-state index is 11.3. The molecule has 0 heterocycles. The molecule has 0 amide bonds. The van der Waals surface area contributed by atoms with E-state index in [1.807, 2.05) is 18.2 Å². The summed E-state index contributed by atoms with van der Waals surface area (Å²) < 4.78 is 5.98. The Morgan fingerprint density at radius 3 is 2.12 bits per heavy atom. The molecule has 2 rings (SSSR count). The highest BCUT2D eigenvalue weighted by Crippen LogP contribution is 2.22. The van der Waals surface area contributed by atoms with Crippen LogP contribution in [-0.2, 0) is 9.53 Å². The average Bonchev–Trinajstić information content (AvgIpc) is 2.70. The highest BCUT2D eigenvalue weighted by atomic mass is 16.5. The van der Waals surface area contributed by atoms with Gasteiger partial charge in [0.2, 0.25) is 0 Å². The fourth-order valence-corrected chi connectivity index (χ4v) is 4.02. The van der Waals surface area contributed by atoms with E-state index in [0.29, 0.717) is 6.10 Å². The lowest BCUT2D eigenvalue weighted by Crippen LogP contribution is -2.17. The van der Waals surface area contributed by atoms with Gasteiger partial charge in [-0.05, 0) is 31.2 Å². The molecule has 0 N–H and O–H groups in total. The molecule has 1 aromatic carbocycles. The number of aldehydes is 1. The van der Waals surface area contributed by atoms with Crippen molar-refractivity contribution in [1.29, 1.82) is 0 Å². The van der Waals surface area contributed by atoms with Crippen molar-refractivity contribution in [2.45, 2.75) is 102 Å². The summed E-state index contributed by atoms with van der Waals surface area (Å²) in [6.07, 6.45) is 19.7. The van der Waals surface area contributed by atoms with Crippen LogP contribution in [-0.4, -0.2) is 19.0 Å². The molecule has 1 fully saturated rings. The first-order chi connectivity index (χ1) is 12.9. The number of hydrogen-bond donors (Lipinski definition) is 0. The van der Waals surface area contributed by atoms with Crippen molar-refractivity contribution < 1.29 is 9.53 Å². The van der Waals surface area contributed by atoms with E-state index in [4.69, 9.17) is 4.74 Å². The van der Waals surface area contributed by atoms with Crippen LogP contribution in [0, 0.1) is 0 Å². The Bertz CT molecular complexity index is 451. The molecule has 1 atom stereocenters. The van der Waals surface area contributed by atoms with Crippen molar-refractivity contribution in [3.05, 3.63) is 35.9 Å². The molecule has 0 aromatic heterocycles. The van der Waals surface area contributed by atoms with Crippen LogP contribution in [0.15, 0.2) is 30.3 Å². The van der Waals surface area contributed by atoms with Gasteiger partial charge in [0.05, 0.1) is 6.10 Å². The van der Waals surface area contributed by atoms with Crippen LogP contribution < -0.4 is 0 Å². The number of ether oxygens (including phenoxy) is 1. The van der Waals surface area contributed by atoms with E-state index in [1.54, 1.807) is 0 Å². The number of benzene rings is 1. The fourth-order valence-electron chi connectivity index (χ4n) is 4.02. The normalized spacial score (nSPS) is 16.5. The summed E-state index contributed by atoms with van der Waals surface area (Å²) in [6.45, 7) is 0.969. The first-order valence-corrected chi connectivity index (χ1v) is 11.0. The van der Waals surface area contributed by atoms with Gasteiger partial charge in [0.1, 0.15) is 6.29 Å². The zero-order valence-electron chi connectivity index (χ0n) is 16.5. The summed E-state index contributed by atoms with van der Waals surface area (Å²) in [6, 6.07) is 10.2. The van der Waals surface area contributed by atoms with Gasteiger partial charge in [-0.15, -0.1) is 0 Å². The minimum absolute atomic E-state index is 0.0837. The molecule has 0 spiro atoms. The lowest BCUT2D eigenvalue weighted by molar-refractivity contribution is -0.109. The van der Waals surface area contributed by atoms with Crippen LogP contribution in [0.25, 0.3) is 0 Å². The minimum Gasteiger partial charge on any atom is -0.378 e. The average molecular weight is 359 g/mol. The summed E-state index contributed by atoms with van der Waals surface area (Å²) in [4.78, 5) is 11.3. The third-order valence-electron chi connectivity index (χ3n) is 5.71.